The fraction of sp³-hybridized carbons (Fsp3) is 0.667. The van der Waals surface area contributed by atoms with Gasteiger partial charge in [0.15, 0.2) is 16.3 Å². The zero-order chi connectivity index (χ0) is 26.7. The SMILES string of the molecule is COc1nc(N)nc2c1ncn2[C@H]1C[C@@H](COP(=O)(NC(C)C(=O)O)OCCSC(=O)C(C)(C)C)C1. The highest BCUT2D eigenvalue weighted by molar-refractivity contribution is 8.13. The number of fused-ring (bicyclic) bond motifs is 1. The Morgan fingerprint density at radius 2 is 2.03 bits per heavy atom. The van der Waals surface area contributed by atoms with Crippen LogP contribution in [0.3, 0.4) is 0 Å². The summed E-state index contributed by atoms with van der Waals surface area (Å²) in [5.41, 5.74) is 6.35. The molecule has 0 radical (unpaired) electrons. The van der Waals surface area contributed by atoms with Gasteiger partial charge < -0.3 is 20.1 Å². The third-order valence-electron chi connectivity index (χ3n) is 5.60. The number of imidazole rings is 1. The van der Waals surface area contributed by atoms with E-state index >= 15 is 0 Å². The molecule has 2 aromatic rings. The lowest BCUT2D eigenvalue weighted by atomic mass is 9.81. The summed E-state index contributed by atoms with van der Waals surface area (Å²) >= 11 is 1.07. The smallest absolute Gasteiger partial charge is 0.406 e. The molecule has 0 saturated heterocycles. The molecule has 36 heavy (non-hydrogen) atoms. The van der Waals surface area contributed by atoms with Gasteiger partial charge in [0.05, 0.1) is 26.7 Å². The van der Waals surface area contributed by atoms with Gasteiger partial charge in [-0.15, -0.1) is 0 Å². The number of nitrogens with zero attached hydrogens (tertiary/aromatic N) is 4. The van der Waals surface area contributed by atoms with Crippen molar-refractivity contribution in [3.8, 4) is 5.88 Å². The number of anilines is 1. The lowest BCUT2D eigenvalue weighted by molar-refractivity contribution is -0.138. The normalized spacial score (nSPS) is 20.5. The van der Waals surface area contributed by atoms with Gasteiger partial charge in [-0.3, -0.25) is 18.6 Å². The second-order valence-electron chi connectivity index (χ2n) is 9.61. The summed E-state index contributed by atoms with van der Waals surface area (Å²) < 4.78 is 31.4. The summed E-state index contributed by atoms with van der Waals surface area (Å²) in [6, 6.07) is -1.07. The molecule has 15 heteroatoms. The van der Waals surface area contributed by atoms with Crippen molar-refractivity contribution in [2.45, 2.75) is 52.6 Å². The van der Waals surface area contributed by atoms with E-state index in [1.807, 2.05) is 25.3 Å². The minimum absolute atomic E-state index is 0.0223. The highest BCUT2D eigenvalue weighted by Crippen LogP contribution is 2.48. The molecule has 2 heterocycles. The van der Waals surface area contributed by atoms with E-state index in [1.54, 1.807) is 6.33 Å². The van der Waals surface area contributed by atoms with E-state index in [1.165, 1.54) is 14.0 Å². The number of carboxylic acids is 1. The predicted octanol–water partition coefficient (Wildman–Crippen LogP) is 2.88. The van der Waals surface area contributed by atoms with Crippen molar-refractivity contribution in [3.05, 3.63) is 6.33 Å². The van der Waals surface area contributed by atoms with Crippen molar-refractivity contribution in [2.24, 2.45) is 11.3 Å². The number of nitrogens with one attached hydrogen (secondary N) is 1. The number of nitrogen functional groups attached to an aromatic ring is 1. The Morgan fingerprint density at radius 3 is 2.64 bits per heavy atom. The number of rotatable bonds is 12. The molecule has 1 fully saturated rings. The molecule has 0 aliphatic heterocycles. The monoisotopic (exact) mass is 544 g/mol. The number of nitrogens with two attached hydrogens (primary N) is 1. The zero-order valence-electron chi connectivity index (χ0n) is 21.0. The second kappa shape index (κ2) is 11.4. The summed E-state index contributed by atoms with van der Waals surface area (Å²) in [5.74, 6) is -0.481. The number of thioether (sulfide) groups is 1. The molecule has 2 aromatic heterocycles. The average molecular weight is 545 g/mol. The van der Waals surface area contributed by atoms with E-state index in [9.17, 15) is 19.3 Å². The Labute approximate surface area is 213 Å². The highest BCUT2D eigenvalue weighted by atomic mass is 32.2. The van der Waals surface area contributed by atoms with Gasteiger partial charge in [0.2, 0.25) is 11.8 Å². The molecule has 4 N–H and O–H groups in total. The van der Waals surface area contributed by atoms with Gasteiger partial charge >= 0.3 is 13.7 Å². The van der Waals surface area contributed by atoms with Gasteiger partial charge in [-0.2, -0.15) is 9.97 Å². The molecule has 1 aliphatic rings. The Morgan fingerprint density at radius 1 is 1.33 bits per heavy atom. The molecule has 0 spiro atoms. The number of carboxylic acid groups (broad SMARTS) is 1. The fourth-order valence-electron chi connectivity index (χ4n) is 3.50. The standard InChI is InChI=1S/C21H33N6O7PS/c1-12(18(28)29)26-35(31,33-6-7-36-19(30)21(2,3)4)34-10-13-8-14(9-13)27-11-23-15-16(27)24-20(22)25-17(15)32-5/h11-14H,6-10H2,1-5H3,(H,26,31)(H,28,29)(H2,22,24,25)/t12?,13-,14+,35?. The number of methoxy groups -OCH3 is 1. The first-order chi connectivity index (χ1) is 16.8. The number of ether oxygens (including phenoxy) is 1. The zero-order valence-corrected chi connectivity index (χ0v) is 22.7. The molecular formula is C21H33N6O7PS. The van der Waals surface area contributed by atoms with Crippen LogP contribution in [0.25, 0.3) is 11.2 Å². The number of aliphatic carboxylic acids is 1. The Balaban J connectivity index is 1.57. The second-order valence-corrected chi connectivity index (χ2v) is 12.4. The average Bonchev–Trinajstić information content (AvgIpc) is 3.17. The van der Waals surface area contributed by atoms with E-state index in [4.69, 9.17) is 19.5 Å². The van der Waals surface area contributed by atoms with Crippen LogP contribution in [0.5, 0.6) is 5.88 Å². The summed E-state index contributed by atoms with van der Waals surface area (Å²) in [6.07, 6.45) is 3.05. The number of carbonyl (C=O) groups excluding carboxylic acids is 1. The van der Waals surface area contributed by atoms with E-state index in [0.29, 0.717) is 29.9 Å². The molecule has 2 atom stereocenters. The largest absolute Gasteiger partial charge is 0.480 e. The van der Waals surface area contributed by atoms with Crippen molar-refractivity contribution >= 4 is 47.7 Å². The van der Waals surface area contributed by atoms with Crippen molar-refractivity contribution in [2.75, 3.05) is 31.8 Å². The summed E-state index contributed by atoms with van der Waals surface area (Å²) in [6.45, 7) is 6.85. The maximum atomic E-state index is 13.2. The number of hydrogen-bond acceptors (Lipinski definition) is 11. The number of carbonyl (C=O) groups is 2. The molecule has 3 rings (SSSR count). The van der Waals surface area contributed by atoms with E-state index in [2.05, 4.69) is 20.0 Å². The first-order valence-electron chi connectivity index (χ1n) is 11.4. The van der Waals surface area contributed by atoms with Crippen molar-refractivity contribution < 1.29 is 33.0 Å². The molecule has 1 aliphatic carbocycles. The van der Waals surface area contributed by atoms with Crippen LogP contribution in [0, 0.1) is 11.3 Å². The topological polar surface area (TPSA) is 181 Å². The van der Waals surface area contributed by atoms with Crippen LogP contribution in [-0.2, 0) is 23.2 Å². The minimum atomic E-state index is -3.93. The van der Waals surface area contributed by atoms with Gasteiger partial charge in [0.25, 0.3) is 0 Å². The lowest BCUT2D eigenvalue weighted by Crippen LogP contribution is -2.34. The maximum absolute atomic E-state index is 13.2. The quantitative estimate of drug-likeness (QED) is 0.262. The van der Waals surface area contributed by atoms with Gasteiger partial charge in [-0.25, -0.2) is 14.6 Å². The third-order valence-corrected chi connectivity index (χ3v) is 8.56. The number of aromatic nitrogens is 4. The van der Waals surface area contributed by atoms with Crippen molar-refractivity contribution in [1.29, 1.82) is 0 Å². The van der Waals surface area contributed by atoms with E-state index < -0.39 is 25.2 Å². The van der Waals surface area contributed by atoms with Crippen LogP contribution >= 0.6 is 19.5 Å². The van der Waals surface area contributed by atoms with Crippen LogP contribution < -0.4 is 15.6 Å². The third kappa shape index (κ3) is 6.94. The summed E-state index contributed by atoms with van der Waals surface area (Å²) in [4.78, 5) is 36.0. The van der Waals surface area contributed by atoms with Gasteiger partial charge in [0, 0.05) is 17.2 Å². The van der Waals surface area contributed by atoms with Crippen LogP contribution in [0.4, 0.5) is 5.95 Å². The van der Waals surface area contributed by atoms with Crippen LogP contribution in [0.2, 0.25) is 0 Å². The lowest BCUT2D eigenvalue weighted by Gasteiger charge is -2.36. The molecule has 1 saturated carbocycles. The molecule has 2 unspecified atom stereocenters. The predicted molar refractivity (Wildman–Crippen MR) is 135 cm³/mol. The molecular weight excluding hydrogens is 511 g/mol. The molecule has 13 nitrogen and oxygen atoms in total. The fourth-order valence-corrected chi connectivity index (χ4v) is 5.95. The van der Waals surface area contributed by atoms with Crippen molar-refractivity contribution in [3.63, 3.8) is 0 Å². The van der Waals surface area contributed by atoms with Gasteiger partial charge in [-0.05, 0) is 25.7 Å². The molecule has 0 bridgehead atoms. The van der Waals surface area contributed by atoms with Crippen LogP contribution in [0.15, 0.2) is 6.33 Å². The highest BCUT2D eigenvalue weighted by Gasteiger charge is 2.36. The number of hydrogen-bond donors (Lipinski definition) is 3. The van der Waals surface area contributed by atoms with Gasteiger partial charge in [0.1, 0.15) is 6.04 Å². The van der Waals surface area contributed by atoms with Crippen LogP contribution in [-0.4, -0.2) is 67.8 Å². The summed E-state index contributed by atoms with van der Waals surface area (Å²) in [5, 5.41) is 11.6. The van der Waals surface area contributed by atoms with Crippen molar-refractivity contribution in [1.82, 2.24) is 24.6 Å². The Kier molecular flexibility index (Phi) is 8.99. The molecule has 0 aromatic carbocycles. The Bertz CT molecular complexity index is 1150. The van der Waals surface area contributed by atoms with E-state index in [-0.39, 0.29) is 42.0 Å². The maximum Gasteiger partial charge on any atom is 0.406 e. The van der Waals surface area contributed by atoms with Crippen LogP contribution in [0.1, 0.15) is 46.6 Å². The molecule has 200 valence electrons. The first kappa shape index (κ1) is 28.3. The van der Waals surface area contributed by atoms with Gasteiger partial charge in [-0.1, -0.05) is 32.5 Å². The van der Waals surface area contributed by atoms with E-state index in [0.717, 1.165) is 11.8 Å². The minimum Gasteiger partial charge on any atom is -0.480 e. The summed E-state index contributed by atoms with van der Waals surface area (Å²) in [7, 11) is -2.44. The molecule has 0 amide bonds. The Hall–Kier alpha value is -2.25. The first-order valence-corrected chi connectivity index (χ1v) is 14.0.